The fourth-order valence-corrected chi connectivity index (χ4v) is 3.44. The lowest BCUT2D eigenvalue weighted by molar-refractivity contribution is 0.297. The molecule has 5 rings (SSSR count). The lowest BCUT2D eigenvalue weighted by Crippen LogP contribution is -2.08. The van der Waals surface area contributed by atoms with Gasteiger partial charge in [0.1, 0.15) is 17.9 Å². The van der Waals surface area contributed by atoms with Gasteiger partial charge in [0.2, 0.25) is 17.8 Å². The van der Waals surface area contributed by atoms with E-state index >= 15 is 0 Å². The average Bonchev–Trinajstić information content (AvgIpc) is 3.13. The minimum absolute atomic E-state index is 0.305. The molecule has 0 unspecified atom stereocenters. The van der Waals surface area contributed by atoms with E-state index in [2.05, 4.69) is 4.98 Å². The highest BCUT2D eigenvalue weighted by Gasteiger charge is 2.18. The molecule has 30 heavy (non-hydrogen) atoms. The molecule has 7 nitrogen and oxygen atoms in total. The molecule has 148 valence electrons. The summed E-state index contributed by atoms with van der Waals surface area (Å²) in [6.07, 6.45) is 0. The Morgan fingerprint density at radius 3 is 2.50 bits per heavy atom. The van der Waals surface area contributed by atoms with Crippen LogP contribution in [0.15, 0.2) is 72.8 Å². The Labute approximate surface area is 172 Å². The SMILES string of the molecule is COc1cccc2c(OCc3ccccc3)nc(-n3c(N)nc4ccccc43)nc12. The third-order valence-corrected chi connectivity index (χ3v) is 4.87. The van der Waals surface area contributed by atoms with Crippen LogP contribution < -0.4 is 15.2 Å². The molecular weight excluding hydrogens is 378 g/mol. The largest absolute Gasteiger partial charge is 0.494 e. The highest BCUT2D eigenvalue weighted by Crippen LogP contribution is 2.32. The van der Waals surface area contributed by atoms with Gasteiger partial charge in [0.05, 0.1) is 23.5 Å². The van der Waals surface area contributed by atoms with Crippen LogP contribution in [0.2, 0.25) is 0 Å². The van der Waals surface area contributed by atoms with Crippen LogP contribution in [0.4, 0.5) is 5.95 Å². The van der Waals surface area contributed by atoms with Gasteiger partial charge in [-0.15, -0.1) is 0 Å². The Bertz CT molecular complexity index is 1350. The Balaban J connectivity index is 1.70. The molecule has 0 fully saturated rings. The van der Waals surface area contributed by atoms with Crippen molar-refractivity contribution in [1.29, 1.82) is 0 Å². The Morgan fingerprint density at radius 1 is 0.867 bits per heavy atom. The van der Waals surface area contributed by atoms with Crippen LogP contribution in [0.1, 0.15) is 5.56 Å². The number of hydrogen-bond acceptors (Lipinski definition) is 6. The second kappa shape index (κ2) is 7.36. The zero-order chi connectivity index (χ0) is 20.5. The molecule has 0 amide bonds. The van der Waals surface area contributed by atoms with E-state index < -0.39 is 0 Å². The summed E-state index contributed by atoms with van der Waals surface area (Å²) in [6.45, 7) is 0.379. The summed E-state index contributed by atoms with van der Waals surface area (Å²) in [7, 11) is 1.61. The lowest BCUT2D eigenvalue weighted by Gasteiger charge is -2.13. The summed E-state index contributed by atoms with van der Waals surface area (Å²) >= 11 is 0. The molecule has 0 saturated carbocycles. The zero-order valence-electron chi connectivity index (χ0n) is 16.3. The maximum Gasteiger partial charge on any atom is 0.241 e. The molecular formula is C23H19N5O2. The number of para-hydroxylation sites is 3. The minimum atomic E-state index is 0.305. The monoisotopic (exact) mass is 397 g/mol. The van der Waals surface area contributed by atoms with Gasteiger partial charge in [-0.05, 0) is 29.8 Å². The fraction of sp³-hybridized carbons (Fsp3) is 0.0870. The standard InChI is InChI=1S/C23H19N5O2/c1-29-19-13-7-10-16-20(19)26-23(27-21(16)30-14-15-8-3-2-4-9-15)28-18-12-6-5-11-17(18)25-22(28)24/h2-13H,14H2,1H3,(H2,24,25). The summed E-state index contributed by atoms with van der Waals surface area (Å²) in [5, 5.41) is 0.761. The smallest absolute Gasteiger partial charge is 0.241 e. The van der Waals surface area contributed by atoms with Crippen molar-refractivity contribution >= 4 is 27.9 Å². The maximum absolute atomic E-state index is 6.21. The van der Waals surface area contributed by atoms with E-state index in [-0.39, 0.29) is 0 Å². The van der Waals surface area contributed by atoms with Crippen molar-refractivity contribution in [2.24, 2.45) is 0 Å². The molecule has 0 atom stereocenters. The zero-order valence-corrected chi connectivity index (χ0v) is 16.3. The molecule has 7 heteroatoms. The summed E-state index contributed by atoms with van der Waals surface area (Å²) < 4.78 is 13.4. The molecule has 5 aromatic rings. The van der Waals surface area contributed by atoms with Gasteiger partial charge in [-0.2, -0.15) is 4.98 Å². The molecule has 2 N–H and O–H groups in total. The summed E-state index contributed by atoms with van der Waals surface area (Å²) in [5.74, 6) is 1.76. The summed E-state index contributed by atoms with van der Waals surface area (Å²) in [6, 6.07) is 23.3. The molecule has 2 heterocycles. The second-order valence-electron chi connectivity index (χ2n) is 6.75. The number of nitrogens with zero attached hydrogens (tertiary/aromatic N) is 4. The third-order valence-electron chi connectivity index (χ3n) is 4.87. The number of nitrogen functional groups attached to an aromatic ring is 1. The molecule has 0 aliphatic heterocycles. The van der Waals surface area contributed by atoms with Crippen LogP contribution in [-0.4, -0.2) is 26.6 Å². The van der Waals surface area contributed by atoms with Crippen LogP contribution >= 0.6 is 0 Å². The molecule has 0 saturated heterocycles. The van der Waals surface area contributed by atoms with Gasteiger partial charge in [-0.25, -0.2) is 14.5 Å². The predicted octanol–water partition coefficient (Wildman–Crippen LogP) is 4.14. The van der Waals surface area contributed by atoms with Crippen molar-refractivity contribution in [3.63, 3.8) is 0 Å². The molecule has 3 aromatic carbocycles. The highest BCUT2D eigenvalue weighted by molar-refractivity contribution is 5.89. The number of methoxy groups -OCH3 is 1. The van der Waals surface area contributed by atoms with Crippen LogP contribution in [0, 0.1) is 0 Å². The van der Waals surface area contributed by atoms with Crippen molar-refractivity contribution in [1.82, 2.24) is 19.5 Å². The van der Waals surface area contributed by atoms with Crippen molar-refractivity contribution in [2.75, 3.05) is 12.8 Å². The van der Waals surface area contributed by atoms with Gasteiger partial charge < -0.3 is 15.2 Å². The van der Waals surface area contributed by atoms with Crippen LogP contribution in [0.5, 0.6) is 11.6 Å². The molecule has 0 radical (unpaired) electrons. The van der Waals surface area contributed by atoms with E-state index in [1.54, 1.807) is 11.7 Å². The number of anilines is 1. The van der Waals surface area contributed by atoms with E-state index in [9.17, 15) is 0 Å². The predicted molar refractivity (Wildman–Crippen MR) is 116 cm³/mol. The van der Waals surface area contributed by atoms with Crippen molar-refractivity contribution in [3.8, 4) is 17.6 Å². The van der Waals surface area contributed by atoms with Gasteiger partial charge >= 0.3 is 0 Å². The Kier molecular flexibility index (Phi) is 4.40. The van der Waals surface area contributed by atoms with E-state index in [1.807, 2.05) is 72.8 Å². The maximum atomic E-state index is 6.21. The first kappa shape index (κ1) is 17.9. The van der Waals surface area contributed by atoms with E-state index in [0.29, 0.717) is 35.6 Å². The van der Waals surface area contributed by atoms with Crippen LogP contribution in [0.25, 0.3) is 27.9 Å². The summed E-state index contributed by atoms with van der Waals surface area (Å²) in [4.78, 5) is 13.9. The number of aromatic nitrogens is 4. The van der Waals surface area contributed by atoms with E-state index in [1.165, 1.54) is 0 Å². The first-order chi connectivity index (χ1) is 14.7. The van der Waals surface area contributed by atoms with Crippen molar-refractivity contribution in [2.45, 2.75) is 6.61 Å². The molecule has 0 aliphatic rings. The van der Waals surface area contributed by atoms with Gasteiger partial charge in [-0.3, -0.25) is 0 Å². The molecule has 0 bridgehead atoms. The number of nitrogens with two attached hydrogens (primary N) is 1. The third kappa shape index (κ3) is 3.06. The first-order valence-electron chi connectivity index (χ1n) is 9.49. The van der Waals surface area contributed by atoms with E-state index in [0.717, 1.165) is 22.0 Å². The first-order valence-corrected chi connectivity index (χ1v) is 9.49. The average molecular weight is 397 g/mol. The lowest BCUT2D eigenvalue weighted by atomic mass is 10.2. The van der Waals surface area contributed by atoms with Crippen molar-refractivity contribution < 1.29 is 9.47 Å². The second-order valence-corrected chi connectivity index (χ2v) is 6.75. The topological polar surface area (TPSA) is 88.1 Å². The quantitative estimate of drug-likeness (QED) is 0.480. The molecule has 2 aromatic heterocycles. The Hall–Kier alpha value is -4.13. The molecule has 0 aliphatic carbocycles. The number of imidazole rings is 1. The Morgan fingerprint density at radius 2 is 1.67 bits per heavy atom. The highest BCUT2D eigenvalue weighted by atomic mass is 16.5. The summed E-state index contributed by atoms with van der Waals surface area (Å²) in [5.41, 5.74) is 9.49. The minimum Gasteiger partial charge on any atom is -0.494 e. The van der Waals surface area contributed by atoms with Gasteiger partial charge in [0, 0.05) is 0 Å². The number of rotatable bonds is 5. The van der Waals surface area contributed by atoms with Crippen molar-refractivity contribution in [3.05, 3.63) is 78.4 Å². The van der Waals surface area contributed by atoms with Crippen LogP contribution in [0.3, 0.4) is 0 Å². The van der Waals surface area contributed by atoms with E-state index in [4.69, 9.17) is 25.2 Å². The number of hydrogen-bond donors (Lipinski definition) is 1. The number of ether oxygens (including phenoxy) is 2. The van der Waals surface area contributed by atoms with Gasteiger partial charge in [0.15, 0.2) is 0 Å². The molecule has 0 spiro atoms. The van der Waals surface area contributed by atoms with Crippen LogP contribution in [-0.2, 0) is 6.61 Å². The van der Waals surface area contributed by atoms with Gasteiger partial charge in [-0.1, -0.05) is 48.5 Å². The number of fused-ring (bicyclic) bond motifs is 2. The normalized spacial score (nSPS) is 11.1. The fourth-order valence-electron chi connectivity index (χ4n) is 3.44. The number of benzene rings is 3. The van der Waals surface area contributed by atoms with Gasteiger partial charge in [0.25, 0.3) is 0 Å².